The smallest absolute Gasteiger partial charge is 0.137 e. The highest BCUT2D eigenvalue weighted by molar-refractivity contribution is 6.34. The quantitative estimate of drug-likeness (QED) is 0.568. The van der Waals surface area contributed by atoms with Gasteiger partial charge in [0.15, 0.2) is 0 Å². The Hall–Kier alpha value is -0.420. The number of ether oxygens (including phenoxy) is 2. The molecule has 1 heterocycles. The van der Waals surface area contributed by atoms with Gasteiger partial charge in [0.1, 0.15) is 16.1 Å². The standard InChI is InChI=1S/C11H16Cl2N2O2/c1-3-8-10(12)14-9(15-11(8)13)4-5-17-7-6-16-2/h3-7H2,1-2H3. The number of halogens is 2. The Labute approximate surface area is 111 Å². The summed E-state index contributed by atoms with van der Waals surface area (Å²) < 4.78 is 10.2. The Balaban J connectivity index is 2.49. The van der Waals surface area contributed by atoms with Crippen LogP contribution in [0.15, 0.2) is 0 Å². The molecule has 0 unspecified atom stereocenters. The first-order chi connectivity index (χ1) is 8.19. The number of nitrogens with zero attached hydrogens (tertiary/aromatic N) is 2. The predicted octanol–water partition coefficient (Wildman–Crippen LogP) is 2.55. The second-order valence-corrected chi connectivity index (χ2v) is 4.12. The second kappa shape index (κ2) is 7.82. The maximum Gasteiger partial charge on any atom is 0.137 e. The number of hydrogen-bond acceptors (Lipinski definition) is 4. The summed E-state index contributed by atoms with van der Waals surface area (Å²) in [7, 11) is 1.63. The van der Waals surface area contributed by atoms with Gasteiger partial charge in [-0.3, -0.25) is 0 Å². The zero-order valence-corrected chi connectivity index (χ0v) is 11.5. The van der Waals surface area contributed by atoms with E-state index in [1.165, 1.54) is 0 Å². The van der Waals surface area contributed by atoms with Crippen LogP contribution in [-0.4, -0.2) is 36.9 Å². The minimum Gasteiger partial charge on any atom is -0.382 e. The maximum absolute atomic E-state index is 6.00. The van der Waals surface area contributed by atoms with Gasteiger partial charge in [-0.25, -0.2) is 9.97 Å². The van der Waals surface area contributed by atoms with Gasteiger partial charge < -0.3 is 9.47 Å². The van der Waals surface area contributed by atoms with Gasteiger partial charge in [-0.15, -0.1) is 0 Å². The molecule has 0 saturated heterocycles. The molecule has 0 amide bonds. The highest BCUT2D eigenvalue weighted by Gasteiger charge is 2.09. The van der Waals surface area contributed by atoms with Gasteiger partial charge in [0.2, 0.25) is 0 Å². The summed E-state index contributed by atoms with van der Waals surface area (Å²) in [6, 6.07) is 0. The molecule has 17 heavy (non-hydrogen) atoms. The van der Waals surface area contributed by atoms with Crippen molar-refractivity contribution >= 4 is 23.2 Å². The van der Waals surface area contributed by atoms with Crippen LogP contribution in [0.4, 0.5) is 0 Å². The van der Waals surface area contributed by atoms with E-state index in [1.54, 1.807) is 7.11 Å². The lowest BCUT2D eigenvalue weighted by Gasteiger charge is -2.06. The molecule has 96 valence electrons. The van der Waals surface area contributed by atoms with Crippen molar-refractivity contribution in [2.24, 2.45) is 0 Å². The molecule has 0 atom stereocenters. The van der Waals surface area contributed by atoms with Crippen LogP contribution in [0.1, 0.15) is 18.3 Å². The van der Waals surface area contributed by atoms with Gasteiger partial charge in [0.25, 0.3) is 0 Å². The molecular weight excluding hydrogens is 263 g/mol. The van der Waals surface area contributed by atoms with E-state index in [1.807, 2.05) is 6.92 Å². The van der Waals surface area contributed by atoms with Crippen molar-refractivity contribution in [2.45, 2.75) is 19.8 Å². The summed E-state index contributed by atoms with van der Waals surface area (Å²) in [5.74, 6) is 0.606. The van der Waals surface area contributed by atoms with Gasteiger partial charge in [-0.1, -0.05) is 30.1 Å². The molecule has 1 aromatic rings. The number of aromatic nitrogens is 2. The summed E-state index contributed by atoms with van der Waals surface area (Å²) in [6.07, 6.45) is 1.31. The fraction of sp³-hybridized carbons (Fsp3) is 0.636. The van der Waals surface area contributed by atoms with Crippen LogP contribution < -0.4 is 0 Å². The lowest BCUT2D eigenvalue weighted by Crippen LogP contribution is -2.08. The van der Waals surface area contributed by atoms with Crippen molar-refractivity contribution in [3.63, 3.8) is 0 Å². The van der Waals surface area contributed by atoms with E-state index < -0.39 is 0 Å². The fourth-order valence-electron chi connectivity index (χ4n) is 1.28. The van der Waals surface area contributed by atoms with Gasteiger partial charge >= 0.3 is 0 Å². The Bertz CT molecular complexity index is 338. The monoisotopic (exact) mass is 278 g/mol. The van der Waals surface area contributed by atoms with Crippen molar-refractivity contribution in [3.05, 3.63) is 21.7 Å². The third-order valence-corrected chi connectivity index (χ3v) is 2.83. The normalized spacial score (nSPS) is 10.8. The van der Waals surface area contributed by atoms with E-state index in [0.717, 1.165) is 12.0 Å². The molecule has 0 fully saturated rings. The summed E-state index contributed by atoms with van der Waals surface area (Å²) in [5, 5.41) is 0.860. The van der Waals surface area contributed by atoms with Crippen LogP contribution in [0.2, 0.25) is 10.3 Å². The second-order valence-electron chi connectivity index (χ2n) is 3.41. The molecule has 0 aromatic carbocycles. The lowest BCUT2D eigenvalue weighted by atomic mass is 10.2. The van der Waals surface area contributed by atoms with Crippen molar-refractivity contribution in [2.75, 3.05) is 26.9 Å². The van der Waals surface area contributed by atoms with Crippen molar-refractivity contribution < 1.29 is 9.47 Å². The lowest BCUT2D eigenvalue weighted by molar-refractivity contribution is 0.0716. The van der Waals surface area contributed by atoms with Crippen LogP contribution >= 0.6 is 23.2 Å². The van der Waals surface area contributed by atoms with E-state index >= 15 is 0 Å². The minimum atomic E-state index is 0.430. The largest absolute Gasteiger partial charge is 0.382 e. The molecule has 0 aliphatic heterocycles. The SMILES string of the molecule is CCc1c(Cl)nc(CCOCCOC)nc1Cl. The van der Waals surface area contributed by atoms with Crippen LogP contribution in [0.5, 0.6) is 0 Å². The van der Waals surface area contributed by atoms with Crippen LogP contribution in [0.3, 0.4) is 0 Å². The van der Waals surface area contributed by atoms with E-state index in [9.17, 15) is 0 Å². The van der Waals surface area contributed by atoms with E-state index in [0.29, 0.717) is 42.4 Å². The molecule has 0 radical (unpaired) electrons. The molecule has 0 spiro atoms. The predicted molar refractivity (Wildman–Crippen MR) is 67.8 cm³/mol. The van der Waals surface area contributed by atoms with E-state index in [4.69, 9.17) is 32.7 Å². The molecule has 0 saturated carbocycles. The third-order valence-electron chi connectivity index (χ3n) is 2.21. The molecule has 0 bridgehead atoms. The molecule has 4 nitrogen and oxygen atoms in total. The molecule has 0 aliphatic rings. The maximum atomic E-state index is 6.00. The van der Waals surface area contributed by atoms with Gasteiger partial charge in [0.05, 0.1) is 19.8 Å². The Morgan fingerprint density at radius 3 is 2.24 bits per heavy atom. The summed E-state index contributed by atoms with van der Waals surface area (Å²) in [4.78, 5) is 8.36. The number of methoxy groups -OCH3 is 1. The molecule has 1 rings (SSSR count). The summed E-state index contributed by atoms with van der Waals surface area (Å²) in [6.45, 7) is 3.63. The van der Waals surface area contributed by atoms with Crippen LogP contribution in [0.25, 0.3) is 0 Å². The van der Waals surface area contributed by atoms with Crippen molar-refractivity contribution in [1.82, 2.24) is 9.97 Å². The Kier molecular flexibility index (Phi) is 6.73. The van der Waals surface area contributed by atoms with Crippen LogP contribution in [0, 0.1) is 0 Å². The average molecular weight is 279 g/mol. The molecular formula is C11H16Cl2N2O2. The Morgan fingerprint density at radius 2 is 1.71 bits per heavy atom. The van der Waals surface area contributed by atoms with Crippen molar-refractivity contribution in [3.8, 4) is 0 Å². The first-order valence-electron chi connectivity index (χ1n) is 5.46. The minimum absolute atomic E-state index is 0.430. The zero-order chi connectivity index (χ0) is 12.7. The summed E-state index contributed by atoms with van der Waals surface area (Å²) in [5.41, 5.74) is 0.789. The highest BCUT2D eigenvalue weighted by Crippen LogP contribution is 2.21. The van der Waals surface area contributed by atoms with Crippen molar-refractivity contribution in [1.29, 1.82) is 0 Å². The highest BCUT2D eigenvalue weighted by atomic mass is 35.5. The zero-order valence-electron chi connectivity index (χ0n) is 10.0. The fourth-order valence-corrected chi connectivity index (χ4v) is 1.97. The molecule has 1 aromatic heterocycles. The van der Waals surface area contributed by atoms with E-state index in [2.05, 4.69) is 9.97 Å². The first-order valence-corrected chi connectivity index (χ1v) is 6.22. The topological polar surface area (TPSA) is 44.2 Å². The molecule has 0 N–H and O–H groups in total. The van der Waals surface area contributed by atoms with Crippen LogP contribution in [-0.2, 0) is 22.3 Å². The Morgan fingerprint density at radius 1 is 1.06 bits per heavy atom. The van der Waals surface area contributed by atoms with Gasteiger partial charge in [-0.2, -0.15) is 0 Å². The molecule has 0 aliphatic carbocycles. The van der Waals surface area contributed by atoms with Gasteiger partial charge in [-0.05, 0) is 6.42 Å². The van der Waals surface area contributed by atoms with Gasteiger partial charge in [0, 0.05) is 19.1 Å². The number of rotatable bonds is 7. The number of hydrogen-bond donors (Lipinski definition) is 0. The summed E-state index contributed by atoms with van der Waals surface area (Å²) >= 11 is 12.0. The first kappa shape index (κ1) is 14.6. The average Bonchev–Trinajstić information content (AvgIpc) is 2.28. The molecule has 6 heteroatoms. The van der Waals surface area contributed by atoms with E-state index in [-0.39, 0.29) is 0 Å². The third kappa shape index (κ3) is 4.76.